The lowest BCUT2D eigenvalue weighted by Crippen LogP contribution is -2.54. The molecule has 10 heteroatoms. The number of anilines is 1. The molecule has 220 valence electrons. The van der Waals surface area contributed by atoms with Gasteiger partial charge in [0.05, 0.1) is 19.1 Å². The summed E-state index contributed by atoms with van der Waals surface area (Å²) in [6.45, 7) is 5.31. The number of aryl methyl sites for hydroxylation is 1. The van der Waals surface area contributed by atoms with Crippen LogP contribution in [0.4, 0.5) is 5.69 Å². The van der Waals surface area contributed by atoms with E-state index in [4.69, 9.17) is 4.74 Å². The van der Waals surface area contributed by atoms with Gasteiger partial charge < -0.3 is 15.0 Å². The molecule has 0 saturated carbocycles. The third kappa shape index (κ3) is 9.06. The number of carbonyl (C=O) groups excluding carboxylic acids is 2. The minimum atomic E-state index is -3.91. The molecular weight excluding hydrogens is 606 g/mol. The van der Waals surface area contributed by atoms with Crippen molar-refractivity contribution in [2.24, 2.45) is 0 Å². The fraction of sp³-hybridized carbons (Fsp3) is 0.355. The minimum Gasteiger partial charge on any atom is -0.495 e. The molecule has 8 nitrogen and oxygen atoms in total. The lowest BCUT2D eigenvalue weighted by molar-refractivity contribution is -0.140. The number of nitrogens with zero attached hydrogens (tertiary/aromatic N) is 2. The molecular formula is C31H38BrN3O5S. The van der Waals surface area contributed by atoms with E-state index >= 15 is 0 Å². The van der Waals surface area contributed by atoms with Gasteiger partial charge in [-0.2, -0.15) is 0 Å². The zero-order valence-corrected chi connectivity index (χ0v) is 26.5. The van der Waals surface area contributed by atoms with Crippen molar-refractivity contribution in [1.29, 1.82) is 0 Å². The van der Waals surface area contributed by atoms with Crippen LogP contribution >= 0.6 is 15.9 Å². The maximum absolute atomic E-state index is 14.2. The normalized spacial score (nSPS) is 12.7. The topological polar surface area (TPSA) is 96.0 Å². The van der Waals surface area contributed by atoms with Crippen molar-refractivity contribution in [1.82, 2.24) is 10.2 Å². The molecule has 0 aliphatic carbocycles. The molecule has 0 bridgehead atoms. The summed E-state index contributed by atoms with van der Waals surface area (Å²) in [6.07, 6.45) is 2.03. The standard InChI is InChI=1S/C31H38BrN3O5S/c1-6-23(3)33-31(37)28(19-24-11-8-7-9-12-24)34(20-25-13-10-14-26(32)18-25)30(36)21-35(41(5,38)39)27-17-22(2)15-16-29(27)40-4/h7-18,23,28H,6,19-21H2,1-5H3,(H,33,37)/t23-,28-/m1/s1. The average Bonchev–Trinajstić information content (AvgIpc) is 2.93. The lowest BCUT2D eigenvalue weighted by Gasteiger charge is -2.34. The first kappa shape index (κ1) is 32.1. The number of hydrogen-bond donors (Lipinski definition) is 1. The minimum absolute atomic E-state index is 0.103. The van der Waals surface area contributed by atoms with Crippen LogP contribution in [0.3, 0.4) is 0 Å². The molecule has 3 rings (SSSR count). The Morgan fingerprint density at radius 2 is 1.68 bits per heavy atom. The fourth-order valence-corrected chi connectivity index (χ4v) is 5.71. The molecule has 41 heavy (non-hydrogen) atoms. The Balaban J connectivity index is 2.10. The van der Waals surface area contributed by atoms with Crippen LogP contribution in [0, 0.1) is 6.92 Å². The smallest absolute Gasteiger partial charge is 0.244 e. The second kappa shape index (κ2) is 14.5. The van der Waals surface area contributed by atoms with Gasteiger partial charge in [0.25, 0.3) is 0 Å². The van der Waals surface area contributed by atoms with Gasteiger partial charge in [0.15, 0.2) is 0 Å². The predicted molar refractivity (Wildman–Crippen MR) is 166 cm³/mol. The summed E-state index contributed by atoms with van der Waals surface area (Å²) in [7, 11) is -2.46. The Hall–Kier alpha value is -3.37. The maximum atomic E-state index is 14.2. The lowest BCUT2D eigenvalue weighted by atomic mass is 10.0. The van der Waals surface area contributed by atoms with Gasteiger partial charge in [0.2, 0.25) is 21.8 Å². The van der Waals surface area contributed by atoms with E-state index in [0.717, 1.165) is 38.1 Å². The summed E-state index contributed by atoms with van der Waals surface area (Å²) in [4.78, 5) is 29.5. The molecule has 0 spiro atoms. The molecule has 0 radical (unpaired) electrons. The zero-order chi connectivity index (χ0) is 30.2. The number of rotatable bonds is 13. The Morgan fingerprint density at radius 1 is 1.00 bits per heavy atom. The van der Waals surface area contributed by atoms with E-state index in [1.54, 1.807) is 18.2 Å². The molecule has 2 amide bonds. The number of benzene rings is 3. The highest BCUT2D eigenvalue weighted by molar-refractivity contribution is 9.10. The van der Waals surface area contributed by atoms with Gasteiger partial charge in [-0.1, -0.05) is 71.4 Å². The van der Waals surface area contributed by atoms with Gasteiger partial charge in [0.1, 0.15) is 18.3 Å². The predicted octanol–water partition coefficient (Wildman–Crippen LogP) is 5.09. The van der Waals surface area contributed by atoms with E-state index in [1.165, 1.54) is 12.0 Å². The molecule has 2 atom stereocenters. The summed E-state index contributed by atoms with van der Waals surface area (Å²) in [5.41, 5.74) is 2.74. The Bertz CT molecular complexity index is 1450. The number of methoxy groups -OCH3 is 1. The molecule has 1 N–H and O–H groups in total. The average molecular weight is 645 g/mol. The Labute approximate surface area is 251 Å². The quantitative estimate of drug-likeness (QED) is 0.280. The summed E-state index contributed by atoms with van der Waals surface area (Å²) in [6, 6.07) is 21.1. The zero-order valence-electron chi connectivity index (χ0n) is 24.1. The van der Waals surface area contributed by atoms with Crippen LogP contribution in [0.1, 0.15) is 37.0 Å². The van der Waals surface area contributed by atoms with Crippen molar-refractivity contribution in [2.45, 2.75) is 52.2 Å². The first-order valence-electron chi connectivity index (χ1n) is 13.4. The van der Waals surface area contributed by atoms with Crippen LogP contribution in [-0.4, -0.2) is 57.1 Å². The van der Waals surface area contributed by atoms with E-state index in [0.29, 0.717) is 5.75 Å². The van der Waals surface area contributed by atoms with Gasteiger partial charge in [0, 0.05) is 23.5 Å². The van der Waals surface area contributed by atoms with Crippen molar-refractivity contribution in [3.63, 3.8) is 0 Å². The van der Waals surface area contributed by atoms with Crippen LogP contribution < -0.4 is 14.4 Å². The number of nitrogens with one attached hydrogen (secondary N) is 1. The van der Waals surface area contributed by atoms with Crippen molar-refractivity contribution in [3.8, 4) is 5.75 Å². The summed E-state index contributed by atoms with van der Waals surface area (Å²) < 4.78 is 33.4. The van der Waals surface area contributed by atoms with Gasteiger partial charge in [-0.05, 0) is 61.2 Å². The first-order chi connectivity index (χ1) is 19.4. The molecule has 0 heterocycles. The molecule has 0 saturated heterocycles. The highest BCUT2D eigenvalue weighted by atomic mass is 79.9. The SMILES string of the molecule is CC[C@@H](C)NC(=O)[C@@H](Cc1ccccc1)N(Cc1cccc(Br)c1)C(=O)CN(c1cc(C)ccc1OC)S(C)(=O)=O. The number of amides is 2. The number of hydrogen-bond acceptors (Lipinski definition) is 5. The van der Waals surface area contributed by atoms with Gasteiger partial charge >= 0.3 is 0 Å². The first-order valence-corrected chi connectivity index (χ1v) is 16.1. The number of sulfonamides is 1. The number of carbonyl (C=O) groups is 2. The van der Waals surface area contributed by atoms with Crippen LogP contribution in [0.15, 0.2) is 77.3 Å². The van der Waals surface area contributed by atoms with E-state index in [1.807, 2.05) is 75.4 Å². The molecule has 0 aromatic heterocycles. The highest BCUT2D eigenvalue weighted by Gasteiger charge is 2.34. The maximum Gasteiger partial charge on any atom is 0.244 e. The summed E-state index contributed by atoms with van der Waals surface area (Å²) in [5.74, 6) is -0.493. The van der Waals surface area contributed by atoms with Crippen molar-refractivity contribution < 1.29 is 22.7 Å². The van der Waals surface area contributed by atoms with Crippen molar-refractivity contribution in [3.05, 3.63) is 94.0 Å². The van der Waals surface area contributed by atoms with Crippen molar-refractivity contribution >= 4 is 43.5 Å². The Morgan fingerprint density at radius 3 is 2.29 bits per heavy atom. The van der Waals surface area contributed by atoms with Gasteiger partial charge in [-0.3, -0.25) is 13.9 Å². The van der Waals surface area contributed by atoms with Crippen LogP contribution in [-0.2, 0) is 32.6 Å². The number of halogens is 1. The monoisotopic (exact) mass is 643 g/mol. The molecule has 0 fully saturated rings. The van der Waals surface area contributed by atoms with E-state index < -0.39 is 28.5 Å². The molecule has 3 aromatic rings. The third-order valence-electron chi connectivity index (χ3n) is 6.80. The molecule has 0 aliphatic heterocycles. The van der Waals surface area contributed by atoms with Gasteiger partial charge in [-0.15, -0.1) is 0 Å². The van der Waals surface area contributed by atoms with E-state index in [9.17, 15) is 18.0 Å². The van der Waals surface area contributed by atoms with Gasteiger partial charge in [-0.25, -0.2) is 8.42 Å². The number of ether oxygens (including phenoxy) is 1. The summed E-state index contributed by atoms with van der Waals surface area (Å²) in [5, 5.41) is 3.03. The van der Waals surface area contributed by atoms with Crippen LogP contribution in [0.5, 0.6) is 5.75 Å². The highest BCUT2D eigenvalue weighted by Crippen LogP contribution is 2.31. The fourth-order valence-electron chi connectivity index (χ4n) is 4.42. The second-order valence-electron chi connectivity index (χ2n) is 10.1. The Kier molecular flexibility index (Phi) is 11.4. The second-order valence-corrected chi connectivity index (χ2v) is 12.9. The van der Waals surface area contributed by atoms with Crippen LogP contribution in [0.2, 0.25) is 0 Å². The third-order valence-corrected chi connectivity index (χ3v) is 8.42. The van der Waals surface area contributed by atoms with E-state index in [2.05, 4.69) is 21.2 Å². The largest absolute Gasteiger partial charge is 0.495 e. The summed E-state index contributed by atoms with van der Waals surface area (Å²) >= 11 is 3.49. The molecule has 3 aromatic carbocycles. The van der Waals surface area contributed by atoms with E-state index in [-0.39, 0.29) is 30.6 Å². The molecule has 0 aliphatic rings. The molecule has 0 unspecified atom stereocenters. The van der Waals surface area contributed by atoms with Crippen LogP contribution in [0.25, 0.3) is 0 Å². The van der Waals surface area contributed by atoms with Crippen molar-refractivity contribution in [2.75, 3.05) is 24.2 Å².